The van der Waals surface area contributed by atoms with Crippen LogP contribution < -0.4 is 0 Å². The van der Waals surface area contributed by atoms with Gasteiger partial charge in [-0.2, -0.15) is 0 Å². The molecule has 0 saturated heterocycles. The van der Waals surface area contributed by atoms with E-state index >= 15 is 0 Å². The fourth-order valence-corrected chi connectivity index (χ4v) is 6.22. The smallest absolute Gasteiger partial charge is 0.227 e. The van der Waals surface area contributed by atoms with Crippen LogP contribution in [0.2, 0.25) is 0 Å². The van der Waals surface area contributed by atoms with Crippen LogP contribution in [0.25, 0.3) is 89.9 Å². The van der Waals surface area contributed by atoms with Crippen LogP contribution in [0.5, 0.6) is 0 Å². The fraction of sp³-hybridized carbons (Fsp3) is 0. The van der Waals surface area contributed by atoms with Gasteiger partial charge in [-0.15, -0.1) is 0 Å². The zero-order chi connectivity index (χ0) is 31.9. The van der Waals surface area contributed by atoms with E-state index in [0.717, 1.165) is 78.1 Å². The number of oxazole rings is 2. The van der Waals surface area contributed by atoms with E-state index in [1.807, 2.05) is 84.9 Å². The topological polar surface area (TPSA) is 65.0 Å². The zero-order valence-corrected chi connectivity index (χ0v) is 25.7. The molecule has 3 aromatic heterocycles. The van der Waals surface area contributed by atoms with Gasteiger partial charge in [0.05, 0.1) is 11.4 Å². The molecule has 0 amide bonds. The number of hydrogen-bond acceptors (Lipinski definition) is 5. The van der Waals surface area contributed by atoms with Crippen molar-refractivity contribution in [1.82, 2.24) is 15.0 Å². The second kappa shape index (κ2) is 11.6. The van der Waals surface area contributed by atoms with E-state index in [-0.39, 0.29) is 0 Å². The molecular weight excluding hydrogens is 590 g/mol. The molecule has 6 aromatic carbocycles. The number of para-hydroxylation sites is 4. The Morgan fingerprint density at radius 1 is 0.312 bits per heavy atom. The molecule has 9 aromatic rings. The van der Waals surface area contributed by atoms with Crippen LogP contribution >= 0.6 is 0 Å². The number of nitrogens with zero attached hydrogens (tertiary/aromatic N) is 3. The first-order chi connectivity index (χ1) is 23.8. The van der Waals surface area contributed by atoms with Crippen LogP contribution in [0.1, 0.15) is 0 Å². The molecule has 3 heterocycles. The van der Waals surface area contributed by atoms with Gasteiger partial charge in [-0.05, 0) is 65.7 Å². The van der Waals surface area contributed by atoms with Gasteiger partial charge >= 0.3 is 0 Å². The summed E-state index contributed by atoms with van der Waals surface area (Å²) in [5.74, 6) is 1.15. The first-order valence-corrected chi connectivity index (χ1v) is 15.9. The lowest BCUT2D eigenvalue weighted by atomic mass is 9.91. The molecule has 0 atom stereocenters. The van der Waals surface area contributed by atoms with Gasteiger partial charge in [-0.25, -0.2) is 15.0 Å². The van der Waals surface area contributed by atoms with Crippen molar-refractivity contribution in [3.63, 3.8) is 0 Å². The Bertz CT molecular complexity index is 2330. The minimum atomic E-state index is 0.575. The van der Waals surface area contributed by atoms with Crippen LogP contribution in [0.15, 0.2) is 173 Å². The number of benzene rings is 6. The Balaban J connectivity index is 1.26. The van der Waals surface area contributed by atoms with Gasteiger partial charge in [0.15, 0.2) is 11.2 Å². The molecule has 0 spiro atoms. The van der Waals surface area contributed by atoms with Crippen molar-refractivity contribution in [3.8, 4) is 67.7 Å². The SMILES string of the molecule is c1ccc(-c2cc(-c3ccccc3)c(-c3cccc(-c4nc5ccccc5o4)c3)nc2-c2cccc(-c3nc4ccccc4o3)c2)cc1. The first kappa shape index (κ1) is 27.7. The first-order valence-electron chi connectivity index (χ1n) is 15.9. The van der Waals surface area contributed by atoms with Gasteiger partial charge in [0.25, 0.3) is 0 Å². The second-order valence-corrected chi connectivity index (χ2v) is 11.6. The summed E-state index contributed by atoms with van der Waals surface area (Å²) >= 11 is 0. The average molecular weight is 618 g/mol. The minimum Gasteiger partial charge on any atom is -0.436 e. The Kier molecular flexibility index (Phi) is 6.72. The summed E-state index contributed by atoms with van der Waals surface area (Å²) in [5.41, 5.74) is 12.8. The summed E-state index contributed by atoms with van der Waals surface area (Å²) in [7, 11) is 0. The van der Waals surface area contributed by atoms with E-state index in [0.29, 0.717) is 11.8 Å². The van der Waals surface area contributed by atoms with Crippen LogP contribution in [0.3, 0.4) is 0 Å². The van der Waals surface area contributed by atoms with Gasteiger partial charge in [-0.1, -0.05) is 109 Å². The van der Waals surface area contributed by atoms with Gasteiger partial charge in [0.1, 0.15) is 11.0 Å². The predicted molar refractivity (Wildman–Crippen MR) is 192 cm³/mol. The Morgan fingerprint density at radius 3 is 1.17 bits per heavy atom. The van der Waals surface area contributed by atoms with E-state index in [2.05, 4.69) is 78.9 Å². The fourth-order valence-electron chi connectivity index (χ4n) is 6.22. The molecule has 0 bridgehead atoms. The number of aromatic nitrogens is 3. The second-order valence-electron chi connectivity index (χ2n) is 11.6. The third kappa shape index (κ3) is 5.04. The highest BCUT2D eigenvalue weighted by Gasteiger charge is 2.20. The van der Waals surface area contributed by atoms with Crippen molar-refractivity contribution in [1.29, 1.82) is 0 Å². The van der Waals surface area contributed by atoms with E-state index in [9.17, 15) is 0 Å². The summed E-state index contributed by atoms with van der Waals surface area (Å²) in [6.45, 7) is 0. The van der Waals surface area contributed by atoms with Crippen molar-refractivity contribution >= 4 is 22.2 Å². The highest BCUT2D eigenvalue weighted by atomic mass is 16.4. The standard InChI is InChI=1S/C43H27N3O2/c1-3-13-28(14-4-1)34-27-35(29-15-5-2-6-16-29)41(31-18-12-20-33(26-31)43-45-37-22-8-10-24-39(37)48-43)46-40(34)30-17-11-19-32(25-30)42-44-36-21-7-9-23-38(36)47-42/h1-27H. The molecular formula is C43H27N3O2. The Hall–Kier alpha value is -6.59. The average Bonchev–Trinajstić information content (AvgIpc) is 3.80. The molecule has 0 aliphatic rings. The van der Waals surface area contributed by atoms with Crippen molar-refractivity contribution in [2.45, 2.75) is 0 Å². The molecule has 0 saturated carbocycles. The Labute approximate surface area is 276 Å². The maximum absolute atomic E-state index is 6.16. The summed E-state index contributed by atoms with van der Waals surface area (Å²) in [6, 6.07) is 55.3. The number of fused-ring (bicyclic) bond motifs is 2. The monoisotopic (exact) mass is 617 g/mol. The van der Waals surface area contributed by atoms with Crippen LogP contribution in [-0.4, -0.2) is 15.0 Å². The van der Waals surface area contributed by atoms with Gasteiger partial charge in [0.2, 0.25) is 11.8 Å². The van der Waals surface area contributed by atoms with E-state index in [4.69, 9.17) is 23.8 Å². The molecule has 226 valence electrons. The van der Waals surface area contributed by atoms with E-state index in [1.54, 1.807) is 0 Å². The van der Waals surface area contributed by atoms with Crippen LogP contribution in [0.4, 0.5) is 0 Å². The van der Waals surface area contributed by atoms with Gasteiger partial charge < -0.3 is 8.83 Å². The zero-order valence-electron chi connectivity index (χ0n) is 25.7. The quantitative estimate of drug-likeness (QED) is 0.186. The van der Waals surface area contributed by atoms with Gasteiger partial charge in [0, 0.05) is 33.4 Å². The number of rotatable bonds is 6. The number of pyridine rings is 1. The summed E-state index contributed by atoms with van der Waals surface area (Å²) in [5, 5.41) is 0. The van der Waals surface area contributed by atoms with Crippen LogP contribution in [0, 0.1) is 0 Å². The highest BCUT2D eigenvalue weighted by Crippen LogP contribution is 2.41. The molecule has 9 rings (SSSR count). The molecule has 5 nitrogen and oxygen atoms in total. The predicted octanol–water partition coefficient (Wildman–Crippen LogP) is 11.4. The lowest BCUT2D eigenvalue weighted by molar-refractivity contribution is 0.619. The van der Waals surface area contributed by atoms with Crippen molar-refractivity contribution in [2.24, 2.45) is 0 Å². The molecule has 0 aliphatic heterocycles. The third-order valence-corrected chi connectivity index (χ3v) is 8.55. The lowest BCUT2D eigenvalue weighted by Gasteiger charge is -2.17. The molecule has 5 heteroatoms. The highest BCUT2D eigenvalue weighted by molar-refractivity contribution is 5.92. The van der Waals surface area contributed by atoms with Crippen molar-refractivity contribution in [3.05, 3.63) is 164 Å². The summed E-state index contributed by atoms with van der Waals surface area (Å²) < 4.78 is 12.3. The maximum atomic E-state index is 6.16. The third-order valence-electron chi connectivity index (χ3n) is 8.55. The molecule has 48 heavy (non-hydrogen) atoms. The van der Waals surface area contributed by atoms with Crippen molar-refractivity contribution in [2.75, 3.05) is 0 Å². The van der Waals surface area contributed by atoms with Crippen LogP contribution in [-0.2, 0) is 0 Å². The normalized spacial score (nSPS) is 11.3. The molecule has 0 fully saturated rings. The van der Waals surface area contributed by atoms with E-state index < -0.39 is 0 Å². The van der Waals surface area contributed by atoms with Crippen molar-refractivity contribution < 1.29 is 8.83 Å². The Morgan fingerprint density at radius 2 is 0.708 bits per heavy atom. The molecule has 0 aliphatic carbocycles. The number of hydrogen-bond donors (Lipinski definition) is 0. The van der Waals surface area contributed by atoms with Gasteiger partial charge in [-0.3, -0.25) is 0 Å². The molecule has 0 N–H and O–H groups in total. The maximum Gasteiger partial charge on any atom is 0.227 e. The molecule has 0 radical (unpaired) electrons. The largest absolute Gasteiger partial charge is 0.436 e. The summed E-state index contributed by atoms with van der Waals surface area (Å²) in [4.78, 5) is 15.1. The van der Waals surface area contributed by atoms with E-state index in [1.165, 1.54) is 0 Å². The minimum absolute atomic E-state index is 0.575. The lowest BCUT2D eigenvalue weighted by Crippen LogP contribution is -1.97. The summed E-state index contributed by atoms with van der Waals surface area (Å²) in [6.07, 6.45) is 0. The molecule has 0 unspecified atom stereocenters.